The van der Waals surface area contributed by atoms with E-state index in [4.69, 9.17) is 11.6 Å². The minimum absolute atomic E-state index is 0.446. The minimum Gasteiger partial charge on any atom is -0.353 e. The van der Waals surface area contributed by atoms with Crippen LogP contribution in [-0.4, -0.2) is 21.8 Å². The molecule has 2 rings (SSSR count). The van der Waals surface area contributed by atoms with Gasteiger partial charge in [0.15, 0.2) is 11.0 Å². The SMILES string of the molecule is CC(N(C)c1nsnc1Cl)C1(C)CC1. The van der Waals surface area contributed by atoms with Gasteiger partial charge in [0.2, 0.25) is 0 Å². The monoisotopic (exact) mass is 231 g/mol. The summed E-state index contributed by atoms with van der Waals surface area (Å²) >= 11 is 7.11. The molecule has 14 heavy (non-hydrogen) atoms. The van der Waals surface area contributed by atoms with Crippen LogP contribution in [0.3, 0.4) is 0 Å². The smallest absolute Gasteiger partial charge is 0.187 e. The number of hydrogen-bond donors (Lipinski definition) is 0. The Balaban J connectivity index is 2.15. The first-order valence-electron chi connectivity index (χ1n) is 4.75. The van der Waals surface area contributed by atoms with Gasteiger partial charge in [-0.25, -0.2) is 0 Å². The van der Waals surface area contributed by atoms with Gasteiger partial charge >= 0.3 is 0 Å². The van der Waals surface area contributed by atoms with Crippen LogP contribution < -0.4 is 4.90 Å². The Kier molecular flexibility index (Phi) is 2.43. The standard InChI is InChI=1S/C9H14ClN3S/c1-6(9(2)4-5-9)13(3)8-7(10)11-14-12-8/h6H,4-5H2,1-3H3. The molecule has 1 fully saturated rings. The van der Waals surface area contributed by atoms with Crippen molar-refractivity contribution < 1.29 is 0 Å². The molecule has 0 aromatic carbocycles. The van der Waals surface area contributed by atoms with Crippen molar-refractivity contribution in [2.24, 2.45) is 5.41 Å². The summed E-state index contributed by atoms with van der Waals surface area (Å²) in [6.07, 6.45) is 2.60. The number of aromatic nitrogens is 2. The third kappa shape index (κ3) is 1.61. The van der Waals surface area contributed by atoms with Crippen molar-refractivity contribution in [3.63, 3.8) is 0 Å². The van der Waals surface area contributed by atoms with E-state index in [9.17, 15) is 0 Å². The van der Waals surface area contributed by atoms with Gasteiger partial charge in [0.1, 0.15) is 0 Å². The maximum Gasteiger partial charge on any atom is 0.187 e. The summed E-state index contributed by atoms with van der Waals surface area (Å²) in [7, 11) is 2.04. The maximum atomic E-state index is 5.94. The fourth-order valence-electron chi connectivity index (χ4n) is 1.65. The number of rotatable bonds is 3. The molecule has 0 N–H and O–H groups in total. The molecule has 1 aliphatic carbocycles. The third-order valence-electron chi connectivity index (χ3n) is 3.40. The Morgan fingerprint density at radius 2 is 2.14 bits per heavy atom. The molecule has 0 amide bonds. The Bertz CT molecular complexity index is 335. The molecule has 1 aliphatic rings. The molecule has 1 saturated carbocycles. The number of nitrogens with zero attached hydrogens (tertiary/aromatic N) is 3. The lowest BCUT2D eigenvalue weighted by atomic mass is 10.00. The second-order valence-corrected chi connectivity index (χ2v) is 5.21. The van der Waals surface area contributed by atoms with E-state index in [0.29, 0.717) is 16.6 Å². The van der Waals surface area contributed by atoms with Gasteiger partial charge in [-0.2, -0.15) is 8.75 Å². The van der Waals surface area contributed by atoms with Gasteiger partial charge in [-0.15, -0.1) is 0 Å². The van der Waals surface area contributed by atoms with Crippen LogP contribution in [0.25, 0.3) is 0 Å². The molecular weight excluding hydrogens is 218 g/mol. The van der Waals surface area contributed by atoms with Crippen LogP contribution >= 0.6 is 23.3 Å². The van der Waals surface area contributed by atoms with E-state index in [1.165, 1.54) is 24.6 Å². The predicted octanol–water partition coefficient (Wildman–Crippen LogP) is 2.82. The highest BCUT2D eigenvalue weighted by atomic mass is 35.5. The van der Waals surface area contributed by atoms with Gasteiger partial charge in [0.25, 0.3) is 0 Å². The zero-order chi connectivity index (χ0) is 10.3. The molecule has 0 radical (unpaired) electrons. The minimum atomic E-state index is 0.446. The van der Waals surface area contributed by atoms with Crippen molar-refractivity contribution in [3.8, 4) is 0 Å². The molecule has 1 aromatic rings. The van der Waals surface area contributed by atoms with Gasteiger partial charge < -0.3 is 4.90 Å². The molecule has 0 bridgehead atoms. The Morgan fingerprint density at radius 3 is 2.57 bits per heavy atom. The highest BCUT2D eigenvalue weighted by Gasteiger charge is 2.44. The third-order valence-corrected chi connectivity index (χ3v) is 4.27. The van der Waals surface area contributed by atoms with Gasteiger partial charge in [0, 0.05) is 13.1 Å². The second kappa shape index (κ2) is 3.35. The van der Waals surface area contributed by atoms with Crippen molar-refractivity contribution in [1.82, 2.24) is 8.75 Å². The average Bonchev–Trinajstić information content (AvgIpc) is 2.75. The van der Waals surface area contributed by atoms with Crippen molar-refractivity contribution in [2.45, 2.75) is 32.7 Å². The zero-order valence-corrected chi connectivity index (χ0v) is 10.2. The van der Waals surface area contributed by atoms with Crippen LogP contribution in [-0.2, 0) is 0 Å². The van der Waals surface area contributed by atoms with E-state index in [2.05, 4.69) is 27.5 Å². The fourth-order valence-corrected chi connectivity index (χ4v) is 2.45. The van der Waals surface area contributed by atoms with Gasteiger partial charge in [-0.3, -0.25) is 0 Å². The topological polar surface area (TPSA) is 29.0 Å². The molecule has 0 spiro atoms. The first-order chi connectivity index (χ1) is 6.54. The summed E-state index contributed by atoms with van der Waals surface area (Å²) in [6.45, 7) is 4.53. The van der Waals surface area contributed by atoms with E-state index < -0.39 is 0 Å². The summed E-state index contributed by atoms with van der Waals surface area (Å²) in [6, 6.07) is 0.476. The molecule has 1 heterocycles. The molecule has 3 nitrogen and oxygen atoms in total. The molecule has 78 valence electrons. The lowest BCUT2D eigenvalue weighted by molar-refractivity contribution is 0.446. The molecule has 5 heteroatoms. The van der Waals surface area contributed by atoms with E-state index >= 15 is 0 Å². The number of anilines is 1. The zero-order valence-electron chi connectivity index (χ0n) is 8.62. The van der Waals surface area contributed by atoms with Crippen LogP contribution in [0.1, 0.15) is 26.7 Å². The lowest BCUT2D eigenvalue weighted by Crippen LogP contribution is -2.35. The van der Waals surface area contributed by atoms with Crippen LogP contribution in [0.2, 0.25) is 5.15 Å². The molecule has 0 aliphatic heterocycles. The van der Waals surface area contributed by atoms with Crippen molar-refractivity contribution in [3.05, 3.63) is 5.15 Å². The van der Waals surface area contributed by atoms with E-state index in [0.717, 1.165) is 5.82 Å². The summed E-state index contributed by atoms with van der Waals surface area (Å²) in [5.41, 5.74) is 0.446. The van der Waals surface area contributed by atoms with Crippen molar-refractivity contribution in [1.29, 1.82) is 0 Å². The highest BCUT2D eigenvalue weighted by Crippen LogP contribution is 2.50. The quantitative estimate of drug-likeness (QED) is 0.801. The molecule has 0 saturated heterocycles. The molecule has 1 aromatic heterocycles. The number of hydrogen-bond acceptors (Lipinski definition) is 4. The largest absolute Gasteiger partial charge is 0.353 e. The van der Waals surface area contributed by atoms with Crippen LogP contribution in [0, 0.1) is 5.41 Å². The Labute approximate surface area is 93.4 Å². The maximum absolute atomic E-state index is 5.94. The van der Waals surface area contributed by atoms with Gasteiger partial charge in [-0.1, -0.05) is 18.5 Å². The van der Waals surface area contributed by atoms with E-state index in [1.807, 2.05) is 7.05 Å². The van der Waals surface area contributed by atoms with Crippen LogP contribution in [0.4, 0.5) is 5.82 Å². The normalized spacial score (nSPS) is 20.6. The highest BCUT2D eigenvalue weighted by molar-refractivity contribution is 6.99. The first-order valence-corrected chi connectivity index (χ1v) is 5.86. The summed E-state index contributed by atoms with van der Waals surface area (Å²) in [4.78, 5) is 2.14. The Morgan fingerprint density at radius 1 is 1.50 bits per heavy atom. The van der Waals surface area contributed by atoms with E-state index in [-0.39, 0.29) is 0 Å². The molecule has 1 atom stereocenters. The van der Waals surface area contributed by atoms with Crippen molar-refractivity contribution >= 4 is 29.1 Å². The second-order valence-electron chi connectivity index (χ2n) is 4.32. The van der Waals surface area contributed by atoms with Gasteiger partial charge in [-0.05, 0) is 25.2 Å². The van der Waals surface area contributed by atoms with Crippen LogP contribution in [0.5, 0.6) is 0 Å². The molecular formula is C9H14ClN3S. The summed E-state index contributed by atoms with van der Waals surface area (Å²) in [5.74, 6) is 0.817. The fraction of sp³-hybridized carbons (Fsp3) is 0.778. The van der Waals surface area contributed by atoms with E-state index in [1.54, 1.807) is 0 Å². The predicted molar refractivity (Wildman–Crippen MR) is 60.1 cm³/mol. The first kappa shape index (κ1) is 10.2. The summed E-state index contributed by atoms with van der Waals surface area (Å²) in [5, 5.41) is 0.522. The summed E-state index contributed by atoms with van der Waals surface area (Å²) < 4.78 is 8.18. The van der Waals surface area contributed by atoms with Crippen LogP contribution in [0.15, 0.2) is 0 Å². The number of halogens is 1. The average molecular weight is 232 g/mol. The lowest BCUT2D eigenvalue weighted by Gasteiger charge is -2.29. The van der Waals surface area contributed by atoms with Gasteiger partial charge in [0.05, 0.1) is 11.7 Å². The molecule has 1 unspecified atom stereocenters. The Hall–Kier alpha value is -0.350. The van der Waals surface area contributed by atoms with Crippen molar-refractivity contribution in [2.75, 3.05) is 11.9 Å².